The Balaban J connectivity index is 1.71. The van der Waals surface area contributed by atoms with Crippen molar-refractivity contribution in [2.45, 2.75) is 25.7 Å². The molecule has 0 aliphatic heterocycles. The molecule has 0 radical (unpaired) electrons. The van der Waals surface area contributed by atoms with E-state index < -0.39 is 0 Å². The number of nitrogens with one attached hydrogen (secondary N) is 1. The summed E-state index contributed by atoms with van der Waals surface area (Å²) in [6.07, 6.45) is 6.00. The van der Waals surface area contributed by atoms with Gasteiger partial charge in [-0.25, -0.2) is 0 Å². The van der Waals surface area contributed by atoms with Gasteiger partial charge in [-0.1, -0.05) is 18.9 Å². The minimum Gasteiger partial charge on any atom is -0.396 e. The van der Waals surface area contributed by atoms with Gasteiger partial charge in [0, 0.05) is 29.1 Å². The molecular formula is C17H20N2O2. The summed E-state index contributed by atoms with van der Waals surface area (Å²) in [4.78, 5) is 16.5. The molecule has 4 heteroatoms. The predicted octanol–water partition coefficient (Wildman–Crippen LogP) is 2.52. The molecule has 1 saturated carbocycles. The van der Waals surface area contributed by atoms with E-state index in [1.807, 2.05) is 24.3 Å². The normalized spacial score (nSPS) is 17.0. The van der Waals surface area contributed by atoms with Crippen LogP contribution in [-0.2, 0) is 0 Å². The molecule has 0 spiro atoms. The van der Waals surface area contributed by atoms with Crippen molar-refractivity contribution in [1.29, 1.82) is 0 Å². The summed E-state index contributed by atoms with van der Waals surface area (Å²) in [7, 11) is 0. The zero-order valence-electron chi connectivity index (χ0n) is 12.0. The molecule has 0 unspecified atom stereocenters. The smallest absolute Gasteiger partial charge is 0.251 e. The molecule has 1 aromatic heterocycles. The highest BCUT2D eigenvalue weighted by Crippen LogP contribution is 2.36. The molecule has 21 heavy (non-hydrogen) atoms. The second-order valence-corrected chi connectivity index (χ2v) is 5.96. The lowest BCUT2D eigenvalue weighted by molar-refractivity contribution is 0.0881. The molecule has 0 saturated heterocycles. The van der Waals surface area contributed by atoms with Crippen molar-refractivity contribution in [3.63, 3.8) is 0 Å². The Kier molecular flexibility index (Phi) is 3.88. The molecule has 4 nitrogen and oxygen atoms in total. The van der Waals surface area contributed by atoms with Gasteiger partial charge < -0.3 is 10.4 Å². The topological polar surface area (TPSA) is 62.2 Å². The molecule has 1 aliphatic carbocycles. The zero-order valence-corrected chi connectivity index (χ0v) is 12.0. The van der Waals surface area contributed by atoms with Gasteiger partial charge in [0.25, 0.3) is 5.91 Å². The molecule has 3 rings (SSSR count). The highest BCUT2D eigenvalue weighted by Gasteiger charge is 2.33. The summed E-state index contributed by atoms with van der Waals surface area (Å²) >= 11 is 0. The van der Waals surface area contributed by atoms with E-state index in [9.17, 15) is 9.90 Å². The van der Waals surface area contributed by atoms with Crippen molar-refractivity contribution in [3.8, 4) is 0 Å². The third-order valence-electron chi connectivity index (χ3n) is 4.49. The number of pyridine rings is 1. The van der Waals surface area contributed by atoms with Crippen LogP contribution in [0.3, 0.4) is 0 Å². The number of fused-ring (bicyclic) bond motifs is 1. The first-order valence-corrected chi connectivity index (χ1v) is 7.46. The van der Waals surface area contributed by atoms with Crippen LogP contribution in [0.5, 0.6) is 0 Å². The first-order valence-electron chi connectivity index (χ1n) is 7.46. The molecule has 2 N–H and O–H groups in total. The van der Waals surface area contributed by atoms with Crippen molar-refractivity contribution < 1.29 is 9.90 Å². The SMILES string of the molecule is O=C(NCC1(CO)CCCC1)c1ccc2ncccc2c1. The van der Waals surface area contributed by atoms with Gasteiger partial charge in [-0.05, 0) is 37.1 Å². The number of hydrogen-bond donors (Lipinski definition) is 2. The van der Waals surface area contributed by atoms with Crippen LogP contribution in [0.4, 0.5) is 0 Å². The van der Waals surface area contributed by atoms with E-state index in [0.29, 0.717) is 12.1 Å². The van der Waals surface area contributed by atoms with E-state index in [-0.39, 0.29) is 17.9 Å². The van der Waals surface area contributed by atoms with E-state index in [1.54, 1.807) is 12.3 Å². The quantitative estimate of drug-likeness (QED) is 0.907. The van der Waals surface area contributed by atoms with Gasteiger partial charge in [-0.15, -0.1) is 0 Å². The predicted molar refractivity (Wildman–Crippen MR) is 82.1 cm³/mol. The van der Waals surface area contributed by atoms with Crippen LogP contribution in [-0.4, -0.2) is 29.1 Å². The summed E-state index contributed by atoms with van der Waals surface area (Å²) in [5.74, 6) is -0.0829. The first-order chi connectivity index (χ1) is 10.2. The second-order valence-electron chi connectivity index (χ2n) is 5.96. The molecule has 1 aromatic carbocycles. The van der Waals surface area contributed by atoms with Gasteiger partial charge in [-0.2, -0.15) is 0 Å². The van der Waals surface area contributed by atoms with E-state index in [2.05, 4.69) is 10.3 Å². The third kappa shape index (κ3) is 2.90. The van der Waals surface area contributed by atoms with Gasteiger partial charge in [0.2, 0.25) is 0 Å². The summed E-state index contributed by atoms with van der Waals surface area (Å²) < 4.78 is 0. The fourth-order valence-electron chi connectivity index (χ4n) is 3.10. The average Bonchev–Trinajstić information content (AvgIpc) is 3.01. The number of carbonyl (C=O) groups is 1. The highest BCUT2D eigenvalue weighted by molar-refractivity contribution is 5.97. The van der Waals surface area contributed by atoms with Gasteiger partial charge in [-0.3, -0.25) is 9.78 Å². The number of aliphatic hydroxyl groups is 1. The Bertz CT molecular complexity index is 648. The minimum atomic E-state index is -0.117. The molecule has 1 fully saturated rings. The van der Waals surface area contributed by atoms with Crippen molar-refractivity contribution in [2.75, 3.05) is 13.2 Å². The van der Waals surface area contributed by atoms with Crippen LogP contribution in [0.15, 0.2) is 36.5 Å². The average molecular weight is 284 g/mol. The van der Waals surface area contributed by atoms with Crippen molar-refractivity contribution in [1.82, 2.24) is 10.3 Å². The summed E-state index contributed by atoms with van der Waals surface area (Å²) in [6.45, 7) is 0.697. The van der Waals surface area contributed by atoms with Gasteiger partial charge >= 0.3 is 0 Å². The van der Waals surface area contributed by atoms with Crippen molar-refractivity contribution in [2.24, 2.45) is 5.41 Å². The summed E-state index contributed by atoms with van der Waals surface area (Å²) in [5.41, 5.74) is 1.41. The van der Waals surface area contributed by atoms with Crippen molar-refractivity contribution in [3.05, 3.63) is 42.1 Å². The fraction of sp³-hybridized carbons (Fsp3) is 0.412. The third-order valence-corrected chi connectivity index (χ3v) is 4.49. The fourth-order valence-corrected chi connectivity index (χ4v) is 3.10. The Morgan fingerprint density at radius 1 is 1.29 bits per heavy atom. The molecule has 0 bridgehead atoms. The van der Waals surface area contributed by atoms with Gasteiger partial charge in [0.05, 0.1) is 12.1 Å². The number of aromatic nitrogens is 1. The largest absolute Gasteiger partial charge is 0.396 e. The van der Waals surface area contributed by atoms with E-state index >= 15 is 0 Å². The van der Waals surface area contributed by atoms with Crippen molar-refractivity contribution >= 4 is 16.8 Å². The molecule has 1 heterocycles. The molecule has 0 atom stereocenters. The van der Waals surface area contributed by atoms with Crippen LogP contribution < -0.4 is 5.32 Å². The number of aliphatic hydroxyl groups excluding tert-OH is 1. The minimum absolute atomic E-state index is 0.0829. The molecule has 1 aliphatic rings. The maximum atomic E-state index is 12.3. The number of carbonyl (C=O) groups excluding carboxylic acids is 1. The lowest BCUT2D eigenvalue weighted by Gasteiger charge is -2.26. The van der Waals surface area contributed by atoms with Crippen LogP contribution in [0, 0.1) is 5.41 Å². The van der Waals surface area contributed by atoms with Crippen LogP contribution >= 0.6 is 0 Å². The van der Waals surface area contributed by atoms with Crippen LogP contribution in [0.2, 0.25) is 0 Å². The monoisotopic (exact) mass is 284 g/mol. The molecule has 2 aromatic rings. The van der Waals surface area contributed by atoms with Gasteiger partial charge in [0.1, 0.15) is 0 Å². The van der Waals surface area contributed by atoms with Crippen LogP contribution in [0.1, 0.15) is 36.0 Å². The van der Waals surface area contributed by atoms with Gasteiger partial charge in [0.15, 0.2) is 0 Å². The Labute approximate surface area is 124 Å². The Morgan fingerprint density at radius 2 is 2.10 bits per heavy atom. The standard InChI is InChI=1S/C17H20N2O2/c20-12-17(7-1-2-8-17)11-19-16(21)14-5-6-15-13(10-14)4-3-9-18-15/h3-6,9-10,20H,1-2,7-8,11-12H2,(H,19,21). The second kappa shape index (κ2) is 5.82. The summed E-state index contributed by atoms with van der Waals surface area (Å²) in [6, 6.07) is 9.33. The lowest BCUT2D eigenvalue weighted by atomic mass is 9.87. The Morgan fingerprint density at radius 3 is 2.86 bits per heavy atom. The highest BCUT2D eigenvalue weighted by atomic mass is 16.3. The number of benzene rings is 1. The van der Waals surface area contributed by atoms with E-state index in [1.165, 1.54) is 0 Å². The first kappa shape index (κ1) is 14.0. The maximum absolute atomic E-state index is 12.3. The number of rotatable bonds is 4. The van der Waals surface area contributed by atoms with E-state index in [4.69, 9.17) is 0 Å². The maximum Gasteiger partial charge on any atom is 0.251 e. The number of nitrogens with zero attached hydrogens (tertiary/aromatic N) is 1. The molecule has 1 amide bonds. The Hall–Kier alpha value is -1.94. The van der Waals surface area contributed by atoms with E-state index in [0.717, 1.165) is 36.6 Å². The number of hydrogen-bond acceptors (Lipinski definition) is 3. The molecule has 110 valence electrons. The summed E-state index contributed by atoms with van der Waals surface area (Å²) in [5, 5.41) is 13.5. The number of amides is 1. The van der Waals surface area contributed by atoms with Crippen LogP contribution in [0.25, 0.3) is 10.9 Å². The molecular weight excluding hydrogens is 264 g/mol. The zero-order chi connectivity index (χ0) is 14.7. The lowest BCUT2D eigenvalue weighted by Crippen LogP contribution is -2.38.